The average Bonchev–Trinajstić information content (AvgIpc) is 2.49. The van der Waals surface area contributed by atoms with Crippen LogP contribution in [0, 0.1) is 0 Å². The maximum absolute atomic E-state index is 13.0. The van der Waals surface area contributed by atoms with Crippen LogP contribution in [-0.4, -0.2) is 13.1 Å². The van der Waals surface area contributed by atoms with Crippen LogP contribution < -0.4 is 14.7 Å². The van der Waals surface area contributed by atoms with E-state index in [9.17, 15) is 4.57 Å². The van der Waals surface area contributed by atoms with Gasteiger partial charge >= 0.3 is 7.67 Å². The van der Waals surface area contributed by atoms with Crippen LogP contribution in [0.15, 0.2) is 53.6 Å². The minimum absolute atomic E-state index is 0.597. The highest BCUT2D eigenvalue weighted by molar-refractivity contribution is 7.55. The lowest BCUT2D eigenvalue weighted by molar-refractivity contribution is 0.452. The molecule has 128 valence electrons. The Morgan fingerprint density at radius 3 is 1.87 bits per heavy atom. The second kappa shape index (κ2) is 10.4. The van der Waals surface area contributed by atoms with Gasteiger partial charge in [-0.05, 0) is 52.7 Å². The van der Waals surface area contributed by atoms with E-state index in [0.29, 0.717) is 18.8 Å². The SMILES string of the molecule is CC(C)=CCCNP(=O)(NCCC=C(C)C)Oc1ccccc1. The zero-order chi connectivity index (χ0) is 17.1. The molecule has 1 aromatic carbocycles. The molecule has 0 fully saturated rings. The summed E-state index contributed by atoms with van der Waals surface area (Å²) in [5, 5.41) is 6.09. The van der Waals surface area contributed by atoms with Crippen molar-refractivity contribution < 1.29 is 9.09 Å². The van der Waals surface area contributed by atoms with Crippen molar-refractivity contribution in [3.63, 3.8) is 0 Å². The smallest absolute Gasteiger partial charge is 0.390 e. The van der Waals surface area contributed by atoms with Gasteiger partial charge in [0.05, 0.1) is 0 Å². The number of benzene rings is 1. The quantitative estimate of drug-likeness (QED) is 0.356. The second-order valence-electron chi connectivity index (χ2n) is 5.91. The van der Waals surface area contributed by atoms with E-state index in [1.54, 1.807) is 0 Å². The minimum atomic E-state index is -3.12. The molecule has 0 saturated heterocycles. The van der Waals surface area contributed by atoms with Gasteiger partial charge in [-0.2, -0.15) is 0 Å². The topological polar surface area (TPSA) is 50.4 Å². The predicted octanol–water partition coefficient (Wildman–Crippen LogP) is 5.07. The number of hydrogen-bond acceptors (Lipinski definition) is 2. The fraction of sp³-hybridized carbons (Fsp3) is 0.444. The van der Waals surface area contributed by atoms with Gasteiger partial charge in [0.25, 0.3) is 0 Å². The van der Waals surface area contributed by atoms with Crippen LogP contribution in [0.25, 0.3) is 0 Å². The van der Waals surface area contributed by atoms with Crippen molar-refractivity contribution in [2.24, 2.45) is 0 Å². The van der Waals surface area contributed by atoms with E-state index < -0.39 is 7.67 Å². The summed E-state index contributed by atoms with van der Waals surface area (Å²) in [7, 11) is -3.12. The van der Waals surface area contributed by atoms with Gasteiger partial charge in [0.2, 0.25) is 0 Å². The largest absolute Gasteiger partial charge is 0.422 e. The highest BCUT2D eigenvalue weighted by Crippen LogP contribution is 2.38. The summed E-state index contributed by atoms with van der Waals surface area (Å²) in [6.45, 7) is 9.42. The van der Waals surface area contributed by atoms with E-state index in [1.807, 2.05) is 30.3 Å². The van der Waals surface area contributed by atoms with Gasteiger partial charge in [-0.3, -0.25) is 0 Å². The molecule has 0 atom stereocenters. The molecule has 4 nitrogen and oxygen atoms in total. The summed E-state index contributed by atoms with van der Waals surface area (Å²) < 4.78 is 18.7. The summed E-state index contributed by atoms with van der Waals surface area (Å²) in [5.41, 5.74) is 2.50. The summed E-state index contributed by atoms with van der Waals surface area (Å²) in [4.78, 5) is 0. The molecule has 0 aromatic heterocycles. The van der Waals surface area contributed by atoms with Gasteiger partial charge in [-0.15, -0.1) is 0 Å². The molecule has 1 aromatic rings. The summed E-state index contributed by atoms with van der Waals surface area (Å²) in [6.07, 6.45) is 5.87. The summed E-state index contributed by atoms with van der Waals surface area (Å²) in [6, 6.07) is 9.25. The molecular formula is C18H29N2O2P. The van der Waals surface area contributed by atoms with Crippen LogP contribution >= 0.6 is 7.67 Å². The molecule has 0 amide bonds. The fourth-order valence-corrected chi connectivity index (χ4v) is 3.40. The molecule has 0 heterocycles. The lowest BCUT2D eigenvalue weighted by Crippen LogP contribution is -2.27. The maximum atomic E-state index is 13.0. The van der Waals surface area contributed by atoms with Crippen molar-refractivity contribution >= 4 is 7.67 Å². The Balaban J connectivity index is 2.64. The average molecular weight is 336 g/mol. The lowest BCUT2D eigenvalue weighted by Gasteiger charge is -2.21. The van der Waals surface area contributed by atoms with E-state index in [2.05, 4.69) is 50.0 Å². The molecule has 0 spiro atoms. The Morgan fingerprint density at radius 2 is 1.43 bits per heavy atom. The van der Waals surface area contributed by atoms with Crippen LogP contribution in [0.2, 0.25) is 0 Å². The Labute approximate surface area is 140 Å². The molecule has 0 unspecified atom stereocenters. The standard InChI is InChI=1S/C18H29N2O2P/c1-16(2)10-8-14-19-23(21,20-15-9-11-17(3)4)22-18-12-6-5-7-13-18/h5-7,10-13H,8-9,14-15H2,1-4H3,(H2,19,20,21). The van der Waals surface area contributed by atoms with Crippen LogP contribution in [0.5, 0.6) is 5.75 Å². The molecule has 0 aliphatic rings. The Kier molecular flexibility index (Phi) is 8.93. The normalized spacial score (nSPS) is 11.0. The van der Waals surface area contributed by atoms with Gasteiger partial charge < -0.3 is 4.52 Å². The molecule has 0 radical (unpaired) electrons. The zero-order valence-corrected chi connectivity index (χ0v) is 15.5. The molecule has 5 heteroatoms. The highest BCUT2D eigenvalue weighted by Gasteiger charge is 2.22. The van der Waals surface area contributed by atoms with E-state index in [1.165, 1.54) is 11.1 Å². The van der Waals surface area contributed by atoms with Crippen molar-refractivity contribution in [3.05, 3.63) is 53.6 Å². The number of para-hydroxylation sites is 1. The molecule has 1 rings (SSSR count). The van der Waals surface area contributed by atoms with E-state index >= 15 is 0 Å². The van der Waals surface area contributed by atoms with Crippen molar-refractivity contribution in [1.29, 1.82) is 0 Å². The lowest BCUT2D eigenvalue weighted by atomic mass is 10.3. The number of nitrogens with one attached hydrogen (secondary N) is 2. The van der Waals surface area contributed by atoms with Crippen LogP contribution in [0.3, 0.4) is 0 Å². The molecule has 0 saturated carbocycles. The third-order valence-electron chi connectivity index (χ3n) is 3.01. The van der Waals surface area contributed by atoms with Crippen molar-refractivity contribution in [1.82, 2.24) is 10.2 Å². The summed E-state index contributed by atoms with van der Waals surface area (Å²) >= 11 is 0. The van der Waals surface area contributed by atoms with Gasteiger partial charge in [0.15, 0.2) is 0 Å². The summed E-state index contributed by atoms with van der Waals surface area (Å²) in [5.74, 6) is 0.597. The zero-order valence-electron chi connectivity index (χ0n) is 14.6. The van der Waals surface area contributed by atoms with E-state index in [4.69, 9.17) is 4.52 Å². The van der Waals surface area contributed by atoms with Crippen molar-refractivity contribution in [2.45, 2.75) is 40.5 Å². The third-order valence-corrected chi connectivity index (χ3v) is 4.76. The van der Waals surface area contributed by atoms with Gasteiger partial charge in [-0.25, -0.2) is 14.7 Å². The number of hydrogen-bond donors (Lipinski definition) is 2. The molecule has 0 bridgehead atoms. The van der Waals surface area contributed by atoms with Gasteiger partial charge in [-0.1, -0.05) is 41.5 Å². The van der Waals surface area contributed by atoms with E-state index in [-0.39, 0.29) is 0 Å². The first-order valence-electron chi connectivity index (χ1n) is 8.03. The van der Waals surface area contributed by atoms with E-state index in [0.717, 1.165) is 12.8 Å². The number of allylic oxidation sites excluding steroid dienone is 2. The Morgan fingerprint density at radius 1 is 0.957 bits per heavy atom. The minimum Gasteiger partial charge on any atom is -0.422 e. The first-order chi connectivity index (χ1) is 10.9. The van der Waals surface area contributed by atoms with Crippen LogP contribution in [0.4, 0.5) is 0 Å². The van der Waals surface area contributed by atoms with Crippen molar-refractivity contribution in [2.75, 3.05) is 13.1 Å². The second-order valence-corrected chi connectivity index (χ2v) is 7.83. The van der Waals surface area contributed by atoms with Crippen LogP contribution in [0.1, 0.15) is 40.5 Å². The Bertz CT molecular complexity index is 532. The monoisotopic (exact) mass is 336 g/mol. The first kappa shape index (κ1) is 19.7. The highest BCUT2D eigenvalue weighted by atomic mass is 31.2. The number of rotatable bonds is 10. The predicted molar refractivity (Wildman–Crippen MR) is 98.8 cm³/mol. The Hall–Kier alpha value is -1.35. The third kappa shape index (κ3) is 9.39. The van der Waals surface area contributed by atoms with Crippen LogP contribution in [-0.2, 0) is 4.57 Å². The molecule has 2 N–H and O–H groups in total. The molecule has 23 heavy (non-hydrogen) atoms. The molecular weight excluding hydrogens is 307 g/mol. The van der Waals surface area contributed by atoms with Crippen molar-refractivity contribution in [3.8, 4) is 5.75 Å². The first-order valence-corrected chi connectivity index (χ1v) is 9.65. The van der Waals surface area contributed by atoms with Gasteiger partial charge in [0, 0.05) is 13.1 Å². The fourth-order valence-electron chi connectivity index (χ4n) is 1.90. The molecule has 0 aliphatic carbocycles. The maximum Gasteiger partial charge on any atom is 0.390 e. The molecule has 0 aliphatic heterocycles. The van der Waals surface area contributed by atoms with Gasteiger partial charge in [0.1, 0.15) is 5.75 Å².